The van der Waals surface area contributed by atoms with E-state index in [9.17, 15) is 34.8 Å². The standard InChI is InChI=1S/C28H19NO10/c1-37-13-3-4-16-12(6-13)7-15(28(36)29-16)14-9-21(33)38-20-10-19(32)23-24(34)25(35)26(39-27(23)22(14)20)11-2-5-17(30)18(31)8-11/h2-8,10,14,30-32,35H,9H2,1H3,(H,29,36). The smallest absolute Gasteiger partial charge is 0.312 e. The summed E-state index contributed by atoms with van der Waals surface area (Å²) in [5.41, 5.74) is -0.838. The van der Waals surface area contributed by atoms with Gasteiger partial charge in [-0.05, 0) is 42.5 Å². The van der Waals surface area contributed by atoms with Gasteiger partial charge in [-0.25, -0.2) is 0 Å². The van der Waals surface area contributed by atoms with E-state index in [1.165, 1.54) is 13.2 Å². The number of hydrogen-bond donors (Lipinski definition) is 5. The molecule has 11 heteroatoms. The van der Waals surface area contributed by atoms with E-state index < -0.39 is 45.9 Å². The number of carbonyl (C=O) groups is 1. The molecular weight excluding hydrogens is 510 g/mol. The van der Waals surface area contributed by atoms with Crippen LogP contribution in [-0.4, -0.2) is 38.5 Å². The monoisotopic (exact) mass is 529 g/mol. The quantitative estimate of drug-likeness (QED) is 0.132. The lowest BCUT2D eigenvalue weighted by atomic mass is 9.85. The van der Waals surface area contributed by atoms with E-state index >= 15 is 0 Å². The number of fused-ring (bicyclic) bond motifs is 4. The molecule has 5 aromatic rings. The van der Waals surface area contributed by atoms with Crippen molar-refractivity contribution in [2.75, 3.05) is 7.11 Å². The van der Waals surface area contributed by atoms with E-state index in [-0.39, 0.29) is 45.6 Å². The van der Waals surface area contributed by atoms with Crippen LogP contribution in [0.5, 0.6) is 34.5 Å². The molecule has 0 saturated heterocycles. The maximum Gasteiger partial charge on any atom is 0.312 e. The van der Waals surface area contributed by atoms with Crippen LogP contribution in [0.25, 0.3) is 33.2 Å². The molecule has 0 aliphatic carbocycles. The van der Waals surface area contributed by atoms with Gasteiger partial charge in [0, 0.05) is 39.6 Å². The Hall–Kier alpha value is -5.45. The summed E-state index contributed by atoms with van der Waals surface area (Å²) < 4.78 is 16.6. The molecule has 0 amide bonds. The highest BCUT2D eigenvalue weighted by atomic mass is 16.5. The van der Waals surface area contributed by atoms with Gasteiger partial charge in [0.2, 0.25) is 11.2 Å². The summed E-state index contributed by atoms with van der Waals surface area (Å²) >= 11 is 0. The molecule has 39 heavy (non-hydrogen) atoms. The molecule has 0 saturated carbocycles. The molecule has 3 heterocycles. The number of rotatable bonds is 3. The number of benzene rings is 3. The van der Waals surface area contributed by atoms with Gasteiger partial charge in [-0.3, -0.25) is 14.4 Å². The van der Waals surface area contributed by atoms with Gasteiger partial charge in [0.25, 0.3) is 5.56 Å². The lowest BCUT2D eigenvalue weighted by molar-refractivity contribution is -0.135. The van der Waals surface area contributed by atoms with Crippen LogP contribution in [0, 0.1) is 0 Å². The number of aromatic amines is 1. The number of phenolic OH excluding ortho intramolecular Hbond substituents is 3. The zero-order valence-corrected chi connectivity index (χ0v) is 20.1. The number of phenols is 3. The molecular formula is C28H19NO10. The van der Waals surface area contributed by atoms with Crippen molar-refractivity contribution >= 4 is 27.8 Å². The van der Waals surface area contributed by atoms with E-state index in [1.54, 1.807) is 24.3 Å². The highest BCUT2D eigenvalue weighted by Crippen LogP contribution is 2.47. The largest absolute Gasteiger partial charge is 0.507 e. The Kier molecular flexibility index (Phi) is 5.25. The third-order valence-electron chi connectivity index (χ3n) is 6.76. The number of esters is 1. The molecule has 6 rings (SSSR count). The molecule has 196 valence electrons. The van der Waals surface area contributed by atoms with Crippen LogP contribution in [0.3, 0.4) is 0 Å². The second-order valence-corrected chi connectivity index (χ2v) is 9.06. The fourth-order valence-electron chi connectivity index (χ4n) is 4.89. The second kappa shape index (κ2) is 8.55. The molecule has 0 bridgehead atoms. The first kappa shape index (κ1) is 23.9. The van der Waals surface area contributed by atoms with Crippen molar-refractivity contribution in [2.45, 2.75) is 12.3 Å². The summed E-state index contributed by atoms with van der Waals surface area (Å²) in [7, 11) is 1.50. The maximum absolute atomic E-state index is 13.2. The lowest BCUT2D eigenvalue weighted by Crippen LogP contribution is -2.26. The Morgan fingerprint density at radius 3 is 2.46 bits per heavy atom. The Balaban J connectivity index is 1.67. The number of nitrogens with one attached hydrogen (secondary N) is 1. The van der Waals surface area contributed by atoms with Gasteiger partial charge in [-0.15, -0.1) is 0 Å². The summed E-state index contributed by atoms with van der Waals surface area (Å²) in [4.78, 5) is 41.8. The van der Waals surface area contributed by atoms with E-state index in [1.807, 2.05) is 0 Å². The molecule has 2 aromatic heterocycles. The molecule has 1 aliphatic heterocycles. The van der Waals surface area contributed by atoms with Gasteiger partial charge in [-0.1, -0.05) is 0 Å². The summed E-state index contributed by atoms with van der Waals surface area (Å²) in [6.45, 7) is 0. The van der Waals surface area contributed by atoms with E-state index in [4.69, 9.17) is 13.9 Å². The topological polar surface area (TPSA) is 180 Å². The number of aromatic nitrogens is 1. The maximum atomic E-state index is 13.2. The molecule has 3 aromatic carbocycles. The molecule has 5 N–H and O–H groups in total. The average Bonchev–Trinajstić information content (AvgIpc) is 2.90. The normalized spacial score (nSPS) is 14.8. The Labute approximate surface area is 217 Å². The van der Waals surface area contributed by atoms with Crippen molar-refractivity contribution in [1.82, 2.24) is 4.98 Å². The number of hydrogen-bond acceptors (Lipinski definition) is 10. The zero-order valence-electron chi connectivity index (χ0n) is 20.1. The van der Waals surface area contributed by atoms with Crippen LogP contribution in [0.15, 0.2) is 62.5 Å². The van der Waals surface area contributed by atoms with Crippen molar-refractivity contribution in [3.05, 3.63) is 80.2 Å². The van der Waals surface area contributed by atoms with Crippen molar-refractivity contribution < 1.29 is 39.1 Å². The third-order valence-corrected chi connectivity index (χ3v) is 6.76. The molecule has 1 unspecified atom stereocenters. The van der Waals surface area contributed by atoms with Gasteiger partial charge >= 0.3 is 5.97 Å². The van der Waals surface area contributed by atoms with Crippen LogP contribution in [-0.2, 0) is 4.79 Å². The Morgan fingerprint density at radius 1 is 0.923 bits per heavy atom. The van der Waals surface area contributed by atoms with Crippen LogP contribution >= 0.6 is 0 Å². The fraction of sp³-hybridized carbons (Fsp3) is 0.107. The molecule has 0 spiro atoms. The van der Waals surface area contributed by atoms with E-state index in [2.05, 4.69) is 4.98 Å². The van der Waals surface area contributed by atoms with E-state index in [0.717, 1.165) is 18.2 Å². The van der Waals surface area contributed by atoms with Gasteiger partial charge in [-0.2, -0.15) is 0 Å². The number of carbonyl (C=O) groups excluding carboxylic acids is 1. The highest BCUT2D eigenvalue weighted by molar-refractivity contribution is 5.94. The van der Waals surface area contributed by atoms with Gasteiger partial charge in [0.1, 0.15) is 28.2 Å². The van der Waals surface area contributed by atoms with Crippen molar-refractivity contribution in [2.24, 2.45) is 0 Å². The Morgan fingerprint density at radius 2 is 1.72 bits per heavy atom. The van der Waals surface area contributed by atoms with Crippen LogP contribution in [0.1, 0.15) is 23.5 Å². The first-order chi connectivity index (χ1) is 18.7. The first-order valence-corrected chi connectivity index (χ1v) is 11.7. The van der Waals surface area contributed by atoms with Gasteiger partial charge < -0.3 is 39.3 Å². The van der Waals surface area contributed by atoms with E-state index in [0.29, 0.717) is 16.7 Å². The first-order valence-electron chi connectivity index (χ1n) is 11.7. The highest BCUT2D eigenvalue weighted by Gasteiger charge is 2.36. The predicted molar refractivity (Wildman–Crippen MR) is 138 cm³/mol. The summed E-state index contributed by atoms with van der Waals surface area (Å²) in [5.74, 6) is -4.03. The molecule has 1 atom stereocenters. The summed E-state index contributed by atoms with van der Waals surface area (Å²) in [6, 6.07) is 11.2. The second-order valence-electron chi connectivity index (χ2n) is 9.06. The summed E-state index contributed by atoms with van der Waals surface area (Å²) in [6.07, 6.45) is -0.286. The third kappa shape index (κ3) is 3.71. The number of H-pyrrole nitrogens is 1. The van der Waals surface area contributed by atoms with Crippen LogP contribution in [0.4, 0.5) is 0 Å². The van der Waals surface area contributed by atoms with Crippen molar-refractivity contribution in [1.29, 1.82) is 0 Å². The minimum absolute atomic E-state index is 0.0406. The molecule has 1 aliphatic rings. The van der Waals surface area contributed by atoms with Crippen LogP contribution < -0.4 is 20.5 Å². The number of ether oxygens (including phenoxy) is 2. The summed E-state index contributed by atoms with van der Waals surface area (Å²) in [5, 5.41) is 41.2. The number of aromatic hydroxyl groups is 4. The minimum Gasteiger partial charge on any atom is -0.507 e. The van der Waals surface area contributed by atoms with Crippen LogP contribution in [0.2, 0.25) is 0 Å². The average molecular weight is 529 g/mol. The molecule has 0 radical (unpaired) electrons. The number of pyridine rings is 1. The van der Waals surface area contributed by atoms with Gasteiger partial charge in [0.05, 0.1) is 13.5 Å². The van der Waals surface area contributed by atoms with Crippen molar-refractivity contribution in [3.8, 4) is 45.8 Å². The predicted octanol–water partition coefficient (Wildman–Crippen LogP) is 3.57. The molecule has 11 nitrogen and oxygen atoms in total. The SMILES string of the molecule is COc1ccc2[nH]c(=O)c(C3CC(=O)Oc4cc(O)c5c(=O)c(O)c(-c6ccc(O)c(O)c6)oc5c43)cc2c1. The lowest BCUT2D eigenvalue weighted by Gasteiger charge is -2.26. The molecule has 0 fully saturated rings. The zero-order chi connectivity index (χ0) is 27.6. The fourth-order valence-corrected chi connectivity index (χ4v) is 4.89. The minimum atomic E-state index is -0.994. The van der Waals surface area contributed by atoms with Gasteiger partial charge in [0.15, 0.2) is 17.3 Å². The number of methoxy groups -OCH3 is 1. The Bertz CT molecular complexity index is 1970. The van der Waals surface area contributed by atoms with Crippen molar-refractivity contribution in [3.63, 3.8) is 0 Å².